The molecule has 0 saturated carbocycles. The molecule has 18 heavy (non-hydrogen) atoms. The van der Waals surface area contributed by atoms with Crippen LogP contribution < -0.4 is 0 Å². The van der Waals surface area contributed by atoms with Gasteiger partial charge in [-0.15, -0.1) is 0 Å². The second-order valence-electron chi connectivity index (χ2n) is 3.96. The Labute approximate surface area is 108 Å². The number of hydrogen-bond donors (Lipinski definition) is 0. The molecule has 0 aliphatic heterocycles. The van der Waals surface area contributed by atoms with Gasteiger partial charge in [-0.1, -0.05) is 29.8 Å². The first-order valence-corrected chi connectivity index (χ1v) is 6.04. The number of fused-ring (bicyclic) bond motifs is 3. The number of aldehydes is 1. The summed E-state index contributed by atoms with van der Waals surface area (Å²) in [5, 5.41) is 6.36. The lowest BCUT2D eigenvalue weighted by Gasteiger charge is -2.00. The molecule has 1 aromatic carbocycles. The van der Waals surface area contributed by atoms with Crippen LogP contribution in [0, 0.1) is 0 Å². The predicted octanol–water partition coefficient (Wildman–Crippen LogP) is 3.07. The van der Waals surface area contributed by atoms with Crippen molar-refractivity contribution in [2.45, 2.75) is 13.5 Å². The van der Waals surface area contributed by atoms with Crippen LogP contribution in [0.15, 0.2) is 24.3 Å². The fraction of sp³-hybridized carbons (Fsp3) is 0.154. The second kappa shape index (κ2) is 4.07. The molecule has 0 atom stereocenters. The van der Waals surface area contributed by atoms with Gasteiger partial charge >= 0.3 is 0 Å². The summed E-state index contributed by atoms with van der Waals surface area (Å²) < 4.78 is 1.65. The first kappa shape index (κ1) is 11.2. The van der Waals surface area contributed by atoms with Crippen LogP contribution in [0.2, 0.25) is 5.15 Å². The highest BCUT2D eigenvalue weighted by Crippen LogP contribution is 2.30. The second-order valence-corrected chi connectivity index (χ2v) is 4.32. The zero-order chi connectivity index (χ0) is 12.7. The Morgan fingerprint density at radius 3 is 2.89 bits per heavy atom. The molecule has 0 unspecified atom stereocenters. The van der Waals surface area contributed by atoms with E-state index >= 15 is 0 Å². The molecule has 0 aliphatic rings. The number of carbonyl (C=O) groups excluding carboxylic acids is 1. The Hall–Kier alpha value is -1.94. The fourth-order valence-corrected chi connectivity index (χ4v) is 2.41. The molecule has 90 valence electrons. The van der Waals surface area contributed by atoms with Gasteiger partial charge in [0, 0.05) is 17.3 Å². The van der Waals surface area contributed by atoms with Crippen LogP contribution in [0.5, 0.6) is 0 Å². The average Bonchev–Trinajstić information content (AvgIpc) is 2.78. The SMILES string of the molecule is CCn1nc2c(Cl)nc3ccccc3c2c1C=O. The van der Waals surface area contributed by atoms with Gasteiger partial charge in [0.2, 0.25) is 0 Å². The van der Waals surface area contributed by atoms with E-state index in [1.165, 1.54) is 0 Å². The molecule has 0 amide bonds. The van der Waals surface area contributed by atoms with Crippen LogP contribution in [0.4, 0.5) is 0 Å². The number of rotatable bonds is 2. The van der Waals surface area contributed by atoms with Gasteiger partial charge in [-0.05, 0) is 13.0 Å². The van der Waals surface area contributed by atoms with Crippen molar-refractivity contribution in [3.63, 3.8) is 0 Å². The van der Waals surface area contributed by atoms with Crippen molar-refractivity contribution in [2.24, 2.45) is 0 Å². The molecule has 0 radical (unpaired) electrons. The van der Waals surface area contributed by atoms with Gasteiger partial charge < -0.3 is 0 Å². The zero-order valence-electron chi connectivity index (χ0n) is 9.72. The molecule has 3 rings (SSSR count). The van der Waals surface area contributed by atoms with Gasteiger partial charge in [0.25, 0.3) is 0 Å². The molecule has 2 heterocycles. The zero-order valence-corrected chi connectivity index (χ0v) is 10.5. The molecule has 0 aliphatic carbocycles. The lowest BCUT2D eigenvalue weighted by atomic mass is 10.1. The standard InChI is InChI=1S/C13H10ClN3O/c1-2-17-10(7-18)11-8-5-3-4-6-9(8)15-13(14)12(11)16-17/h3-7H,2H2,1H3. The molecule has 3 aromatic rings. The van der Waals surface area contributed by atoms with Crippen LogP contribution in [0.3, 0.4) is 0 Å². The number of hydrogen-bond acceptors (Lipinski definition) is 3. The summed E-state index contributed by atoms with van der Waals surface area (Å²) in [6, 6.07) is 7.60. The molecule has 0 spiro atoms. The largest absolute Gasteiger partial charge is 0.296 e. The van der Waals surface area contributed by atoms with Gasteiger partial charge in [0.15, 0.2) is 11.4 Å². The van der Waals surface area contributed by atoms with Crippen LogP contribution in [-0.2, 0) is 6.54 Å². The average molecular weight is 260 g/mol. The van der Waals surface area contributed by atoms with E-state index in [0.717, 1.165) is 22.6 Å². The summed E-state index contributed by atoms with van der Waals surface area (Å²) in [7, 11) is 0. The minimum atomic E-state index is 0.332. The minimum absolute atomic E-state index is 0.332. The van der Waals surface area contributed by atoms with Crippen molar-refractivity contribution < 1.29 is 4.79 Å². The Bertz CT molecular complexity index is 764. The van der Waals surface area contributed by atoms with Crippen molar-refractivity contribution in [2.75, 3.05) is 0 Å². The molecule has 4 nitrogen and oxygen atoms in total. The summed E-state index contributed by atoms with van der Waals surface area (Å²) in [6.07, 6.45) is 0.821. The lowest BCUT2D eigenvalue weighted by Crippen LogP contribution is -2.00. The maximum Gasteiger partial charge on any atom is 0.168 e. The van der Waals surface area contributed by atoms with Gasteiger partial charge in [0.05, 0.1) is 5.52 Å². The third kappa shape index (κ3) is 1.42. The Morgan fingerprint density at radius 1 is 1.39 bits per heavy atom. The van der Waals surface area contributed by atoms with Crippen LogP contribution >= 0.6 is 11.6 Å². The third-order valence-electron chi connectivity index (χ3n) is 2.99. The van der Waals surface area contributed by atoms with E-state index in [9.17, 15) is 4.79 Å². The number of carbonyl (C=O) groups is 1. The van der Waals surface area contributed by atoms with E-state index in [2.05, 4.69) is 10.1 Å². The maximum absolute atomic E-state index is 11.3. The van der Waals surface area contributed by atoms with Crippen molar-refractivity contribution in [1.29, 1.82) is 0 Å². The Balaban J connectivity index is 2.60. The summed E-state index contributed by atoms with van der Waals surface area (Å²) in [6.45, 7) is 2.55. The minimum Gasteiger partial charge on any atom is -0.296 e. The van der Waals surface area contributed by atoms with Gasteiger partial charge in [0.1, 0.15) is 11.2 Å². The molecule has 0 N–H and O–H groups in total. The highest BCUT2D eigenvalue weighted by molar-refractivity contribution is 6.35. The van der Waals surface area contributed by atoms with Crippen molar-refractivity contribution in [1.82, 2.24) is 14.8 Å². The first-order valence-electron chi connectivity index (χ1n) is 5.66. The molecular weight excluding hydrogens is 250 g/mol. The number of aryl methyl sites for hydroxylation is 1. The normalized spacial score (nSPS) is 11.2. The molecule has 5 heteroatoms. The Morgan fingerprint density at radius 2 is 2.17 bits per heavy atom. The predicted molar refractivity (Wildman–Crippen MR) is 71.1 cm³/mol. The smallest absolute Gasteiger partial charge is 0.168 e. The van der Waals surface area contributed by atoms with E-state index < -0.39 is 0 Å². The number of halogens is 1. The van der Waals surface area contributed by atoms with Gasteiger partial charge in [-0.2, -0.15) is 5.10 Å². The summed E-state index contributed by atoms with van der Waals surface area (Å²) in [5.41, 5.74) is 1.90. The third-order valence-corrected chi connectivity index (χ3v) is 3.25. The monoisotopic (exact) mass is 259 g/mol. The number of pyridine rings is 1. The fourth-order valence-electron chi connectivity index (χ4n) is 2.19. The van der Waals surface area contributed by atoms with Crippen molar-refractivity contribution in [3.8, 4) is 0 Å². The van der Waals surface area contributed by atoms with Crippen molar-refractivity contribution >= 4 is 39.7 Å². The van der Waals surface area contributed by atoms with E-state index in [1.807, 2.05) is 31.2 Å². The van der Waals surface area contributed by atoms with Crippen LogP contribution in [0.25, 0.3) is 21.8 Å². The molecule has 2 aromatic heterocycles. The van der Waals surface area contributed by atoms with Crippen molar-refractivity contribution in [3.05, 3.63) is 35.1 Å². The van der Waals surface area contributed by atoms with E-state index in [-0.39, 0.29) is 0 Å². The Kier molecular flexibility index (Phi) is 2.52. The van der Waals surface area contributed by atoms with E-state index in [4.69, 9.17) is 11.6 Å². The topological polar surface area (TPSA) is 47.8 Å². The number of benzene rings is 1. The number of para-hydroxylation sites is 1. The first-order chi connectivity index (χ1) is 8.76. The van der Waals surface area contributed by atoms with E-state index in [1.54, 1.807) is 4.68 Å². The van der Waals surface area contributed by atoms with E-state index in [0.29, 0.717) is 22.9 Å². The number of nitrogens with zero attached hydrogens (tertiary/aromatic N) is 3. The lowest BCUT2D eigenvalue weighted by molar-refractivity contribution is 0.111. The maximum atomic E-state index is 11.3. The highest BCUT2D eigenvalue weighted by Gasteiger charge is 2.16. The number of aromatic nitrogens is 3. The van der Waals surface area contributed by atoms with Crippen LogP contribution in [0.1, 0.15) is 17.4 Å². The quantitative estimate of drug-likeness (QED) is 0.525. The van der Waals surface area contributed by atoms with Gasteiger partial charge in [-0.3, -0.25) is 9.48 Å². The molecule has 0 fully saturated rings. The molecule has 0 saturated heterocycles. The molecule has 0 bridgehead atoms. The summed E-state index contributed by atoms with van der Waals surface area (Å²) in [4.78, 5) is 15.6. The summed E-state index contributed by atoms with van der Waals surface area (Å²) >= 11 is 6.13. The summed E-state index contributed by atoms with van der Waals surface area (Å²) in [5.74, 6) is 0. The highest BCUT2D eigenvalue weighted by atomic mass is 35.5. The van der Waals surface area contributed by atoms with Gasteiger partial charge in [-0.25, -0.2) is 4.98 Å². The van der Waals surface area contributed by atoms with Crippen LogP contribution in [-0.4, -0.2) is 21.1 Å². The molecular formula is C13H10ClN3O.